The summed E-state index contributed by atoms with van der Waals surface area (Å²) in [6.45, 7) is 2.11. The van der Waals surface area contributed by atoms with E-state index in [1.807, 2.05) is 36.7 Å². The second-order valence-corrected chi connectivity index (χ2v) is 5.12. The van der Waals surface area contributed by atoms with Gasteiger partial charge in [-0.3, -0.25) is 9.36 Å². The molecule has 2 rings (SSSR count). The molecule has 98 valence electrons. The first kappa shape index (κ1) is 13.3. The van der Waals surface area contributed by atoms with Gasteiger partial charge in [-0.25, -0.2) is 0 Å². The Labute approximate surface area is 115 Å². The quantitative estimate of drug-likeness (QED) is 0.936. The predicted octanol–water partition coefficient (Wildman–Crippen LogP) is 1.79. The van der Waals surface area contributed by atoms with Crippen molar-refractivity contribution in [1.29, 1.82) is 0 Å². The predicted molar refractivity (Wildman–Crippen MR) is 74.4 cm³/mol. The second kappa shape index (κ2) is 5.24. The summed E-state index contributed by atoms with van der Waals surface area (Å²) in [4.78, 5) is 0. The summed E-state index contributed by atoms with van der Waals surface area (Å²) in [7, 11) is 5.87. The summed E-state index contributed by atoms with van der Waals surface area (Å²) in [5.74, 6) is 0. The fourth-order valence-corrected chi connectivity index (χ4v) is 2.73. The smallest absolute Gasteiger partial charge is 0.0927 e. The Morgan fingerprint density at radius 1 is 1.39 bits per heavy atom. The number of aryl methyl sites for hydroxylation is 3. The van der Waals surface area contributed by atoms with Crippen LogP contribution in [0.25, 0.3) is 0 Å². The van der Waals surface area contributed by atoms with Gasteiger partial charge in [-0.05, 0) is 35.5 Å². The van der Waals surface area contributed by atoms with Gasteiger partial charge in [0, 0.05) is 14.1 Å². The average molecular weight is 312 g/mol. The van der Waals surface area contributed by atoms with Crippen molar-refractivity contribution < 1.29 is 0 Å². The Morgan fingerprint density at radius 2 is 2.11 bits per heavy atom. The maximum Gasteiger partial charge on any atom is 0.0927 e. The van der Waals surface area contributed by atoms with Crippen molar-refractivity contribution in [3.63, 3.8) is 0 Å². The van der Waals surface area contributed by atoms with Crippen LogP contribution in [0.15, 0.2) is 16.7 Å². The molecule has 1 N–H and O–H groups in total. The zero-order valence-corrected chi connectivity index (χ0v) is 12.7. The van der Waals surface area contributed by atoms with Crippen LogP contribution in [0.5, 0.6) is 0 Å². The van der Waals surface area contributed by atoms with Crippen LogP contribution in [0.2, 0.25) is 0 Å². The Morgan fingerprint density at radius 3 is 2.56 bits per heavy atom. The number of halogens is 1. The Hall–Kier alpha value is -1.14. The van der Waals surface area contributed by atoms with Crippen molar-refractivity contribution >= 4 is 15.9 Å². The van der Waals surface area contributed by atoms with Crippen molar-refractivity contribution in [2.45, 2.75) is 19.4 Å². The highest BCUT2D eigenvalue weighted by Gasteiger charge is 2.22. The van der Waals surface area contributed by atoms with E-state index in [1.54, 1.807) is 0 Å². The third kappa shape index (κ3) is 2.22. The molecule has 0 aliphatic carbocycles. The van der Waals surface area contributed by atoms with Gasteiger partial charge < -0.3 is 5.32 Å². The largest absolute Gasteiger partial charge is 0.307 e. The molecule has 0 saturated heterocycles. The minimum atomic E-state index is 0.0738. The van der Waals surface area contributed by atoms with Crippen molar-refractivity contribution in [1.82, 2.24) is 24.9 Å². The van der Waals surface area contributed by atoms with E-state index in [-0.39, 0.29) is 6.04 Å². The van der Waals surface area contributed by atoms with E-state index in [1.165, 1.54) is 0 Å². The average Bonchev–Trinajstić information content (AvgIpc) is 2.88. The van der Waals surface area contributed by atoms with Gasteiger partial charge >= 0.3 is 0 Å². The van der Waals surface area contributed by atoms with E-state index in [0.717, 1.165) is 28.0 Å². The van der Waals surface area contributed by atoms with E-state index < -0.39 is 0 Å². The molecule has 2 aromatic rings. The monoisotopic (exact) mass is 311 g/mol. The lowest BCUT2D eigenvalue weighted by atomic mass is 10.1. The van der Waals surface area contributed by atoms with E-state index in [2.05, 4.69) is 44.4 Å². The minimum absolute atomic E-state index is 0.0738. The van der Waals surface area contributed by atoms with Crippen molar-refractivity contribution in [2.24, 2.45) is 14.1 Å². The van der Waals surface area contributed by atoms with Crippen LogP contribution in [0.3, 0.4) is 0 Å². The van der Waals surface area contributed by atoms with Gasteiger partial charge in [0.05, 0.1) is 33.8 Å². The highest BCUT2D eigenvalue weighted by molar-refractivity contribution is 9.10. The molecule has 0 bridgehead atoms. The summed E-state index contributed by atoms with van der Waals surface area (Å²) in [5, 5.41) is 12.1. The van der Waals surface area contributed by atoms with Crippen LogP contribution in [-0.2, 0) is 20.5 Å². The van der Waals surface area contributed by atoms with Gasteiger partial charge in [-0.1, -0.05) is 6.92 Å². The molecule has 0 fully saturated rings. The molecule has 1 atom stereocenters. The minimum Gasteiger partial charge on any atom is -0.307 e. The molecule has 0 aliphatic heterocycles. The molecule has 2 heterocycles. The van der Waals surface area contributed by atoms with Crippen LogP contribution in [0.1, 0.15) is 30.0 Å². The maximum atomic E-state index is 4.50. The number of aromatic nitrogens is 4. The molecule has 18 heavy (non-hydrogen) atoms. The molecule has 0 saturated carbocycles. The molecule has 1 unspecified atom stereocenters. The normalized spacial score (nSPS) is 12.9. The van der Waals surface area contributed by atoms with E-state index in [0.29, 0.717) is 0 Å². The van der Waals surface area contributed by atoms with E-state index in [4.69, 9.17) is 0 Å². The van der Waals surface area contributed by atoms with Gasteiger partial charge in [0.2, 0.25) is 0 Å². The SMILES string of the molecule is CCc1cc(C(NC)c2c(Br)cnn2C)n(C)n1. The Bertz CT molecular complexity index is 523. The highest BCUT2D eigenvalue weighted by atomic mass is 79.9. The fraction of sp³-hybridized carbons (Fsp3) is 0.500. The zero-order chi connectivity index (χ0) is 13.3. The number of hydrogen-bond acceptors (Lipinski definition) is 3. The standard InChI is InChI=1S/C12H18BrN5/c1-5-8-6-10(17(3)16-8)11(14-2)12-9(13)7-15-18(12)4/h6-7,11,14H,5H2,1-4H3. The third-order valence-corrected chi connectivity index (χ3v) is 3.74. The van der Waals surface area contributed by atoms with Gasteiger partial charge in [0.25, 0.3) is 0 Å². The summed E-state index contributed by atoms with van der Waals surface area (Å²) >= 11 is 3.55. The van der Waals surface area contributed by atoms with Crippen LogP contribution in [-0.4, -0.2) is 26.6 Å². The first-order valence-corrected chi connectivity index (χ1v) is 6.75. The topological polar surface area (TPSA) is 47.7 Å². The van der Waals surface area contributed by atoms with E-state index >= 15 is 0 Å². The summed E-state index contributed by atoms with van der Waals surface area (Å²) in [5.41, 5.74) is 3.34. The summed E-state index contributed by atoms with van der Waals surface area (Å²) in [6.07, 6.45) is 2.76. The highest BCUT2D eigenvalue weighted by Crippen LogP contribution is 2.28. The lowest BCUT2D eigenvalue weighted by Crippen LogP contribution is -2.23. The lowest BCUT2D eigenvalue weighted by Gasteiger charge is -2.17. The van der Waals surface area contributed by atoms with Gasteiger partial charge in [-0.2, -0.15) is 10.2 Å². The van der Waals surface area contributed by atoms with Crippen LogP contribution < -0.4 is 5.32 Å². The Balaban J connectivity index is 2.48. The molecule has 2 aromatic heterocycles. The molecule has 0 amide bonds. The molecular weight excluding hydrogens is 294 g/mol. The lowest BCUT2D eigenvalue weighted by molar-refractivity contribution is 0.558. The molecule has 0 aliphatic rings. The summed E-state index contributed by atoms with van der Waals surface area (Å²) in [6, 6.07) is 2.21. The molecule has 0 radical (unpaired) electrons. The third-order valence-electron chi connectivity index (χ3n) is 3.12. The van der Waals surface area contributed by atoms with Crippen molar-refractivity contribution in [3.8, 4) is 0 Å². The number of nitrogens with zero attached hydrogens (tertiary/aromatic N) is 4. The second-order valence-electron chi connectivity index (χ2n) is 4.26. The Kier molecular flexibility index (Phi) is 3.87. The fourth-order valence-electron chi connectivity index (χ4n) is 2.16. The first-order valence-electron chi connectivity index (χ1n) is 5.96. The van der Waals surface area contributed by atoms with Crippen molar-refractivity contribution in [2.75, 3.05) is 7.05 Å². The first-order chi connectivity index (χ1) is 8.58. The number of rotatable bonds is 4. The van der Waals surface area contributed by atoms with Gasteiger partial charge in [0.15, 0.2) is 0 Å². The zero-order valence-electron chi connectivity index (χ0n) is 11.1. The molecule has 5 nitrogen and oxygen atoms in total. The maximum absolute atomic E-state index is 4.50. The van der Waals surface area contributed by atoms with Crippen molar-refractivity contribution in [3.05, 3.63) is 33.8 Å². The molecule has 0 aromatic carbocycles. The van der Waals surface area contributed by atoms with Gasteiger partial charge in [0.1, 0.15) is 0 Å². The van der Waals surface area contributed by atoms with Crippen LogP contribution in [0.4, 0.5) is 0 Å². The molecule has 0 spiro atoms. The van der Waals surface area contributed by atoms with E-state index in [9.17, 15) is 0 Å². The van der Waals surface area contributed by atoms with Crippen LogP contribution >= 0.6 is 15.9 Å². The van der Waals surface area contributed by atoms with Gasteiger partial charge in [-0.15, -0.1) is 0 Å². The summed E-state index contributed by atoms with van der Waals surface area (Å²) < 4.78 is 4.81. The van der Waals surface area contributed by atoms with Crippen LogP contribution in [0, 0.1) is 0 Å². The number of nitrogens with one attached hydrogen (secondary N) is 1. The molecule has 6 heteroatoms. The molecular formula is C12H18BrN5. The number of hydrogen-bond donors (Lipinski definition) is 1.